The first-order valence-electron chi connectivity index (χ1n) is 7.39. The fourth-order valence-electron chi connectivity index (χ4n) is 2.10. The summed E-state index contributed by atoms with van der Waals surface area (Å²) in [7, 11) is 2.10. The second-order valence-electron chi connectivity index (χ2n) is 5.32. The third-order valence-corrected chi connectivity index (χ3v) is 3.51. The van der Waals surface area contributed by atoms with Crippen LogP contribution in [0, 0.1) is 11.8 Å². The van der Waals surface area contributed by atoms with E-state index < -0.39 is 0 Å². The van der Waals surface area contributed by atoms with Crippen LogP contribution in [0.1, 0.15) is 35.2 Å². The van der Waals surface area contributed by atoms with Gasteiger partial charge in [-0.25, -0.2) is 0 Å². The normalized spacial score (nSPS) is 13.7. The van der Waals surface area contributed by atoms with Crippen molar-refractivity contribution >= 4 is 5.91 Å². The van der Waals surface area contributed by atoms with Gasteiger partial charge in [0.25, 0.3) is 5.91 Å². The monoisotopic (exact) mass is 286 g/mol. The Labute approximate surface area is 126 Å². The van der Waals surface area contributed by atoms with Crippen LogP contribution in [0.15, 0.2) is 24.3 Å². The standard InChI is InChI=1S/C17H22N2O2/c1-19(16-8-9-16)11-10-18-17(21)15-7-4-6-14(13-15)5-2-3-12-20/h4,6-7,13,16,20H,3,8-12H2,1H3,(H,18,21). The highest BCUT2D eigenvalue weighted by atomic mass is 16.2. The molecule has 0 heterocycles. The molecule has 0 radical (unpaired) electrons. The molecule has 21 heavy (non-hydrogen) atoms. The minimum Gasteiger partial charge on any atom is -0.395 e. The summed E-state index contributed by atoms with van der Waals surface area (Å²) < 4.78 is 0. The van der Waals surface area contributed by atoms with Gasteiger partial charge >= 0.3 is 0 Å². The largest absolute Gasteiger partial charge is 0.395 e. The van der Waals surface area contributed by atoms with Gasteiger partial charge in [0.15, 0.2) is 0 Å². The van der Waals surface area contributed by atoms with Gasteiger partial charge in [0.2, 0.25) is 0 Å². The van der Waals surface area contributed by atoms with Gasteiger partial charge in [-0.15, -0.1) is 0 Å². The molecule has 2 N–H and O–H groups in total. The van der Waals surface area contributed by atoms with Crippen molar-refractivity contribution in [3.8, 4) is 11.8 Å². The number of aliphatic hydroxyl groups excluding tert-OH is 1. The molecule has 1 saturated carbocycles. The minimum atomic E-state index is -0.0648. The van der Waals surface area contributed by atoms with E-state index in [0.29, 0.717) is 24.6 Å². The predicted molar refractivity (Wildman–Crippen MR) is 83.0 cm³/mol. The number of likely N-dealkylation sites (N-methyl/N-ethyl adjacent to an activating group) is 1. The number of amides is 1. The van der Waals surface area contributed by atoms with Crippen molar-refractivity contribution in [1.82, 2.24) is 10.2 Å². The summed E-state index contributed by atoms with van der Waals surface area (Å²) in [6.07, 6.45) is 3.00. The topological polar surface area (TPSA) is 52.6 Å². The second kappa shape index (κ2) is 7.82. The van der Waals surface area contributed by atoms with Crippen molar-refractivity contribution < 1.29 is 9.90 Å². The Kier molecular flexibility index (Phi) is 5.79. The van der Waals surface area contributed by atoms with Crippen molar-refractivity contribution in [2.45, 2.75) is 25.3 Å². The van der Waals surface area contributed by atoms with Gasteiger partial charge in [0.1, 0.15) is 0 Å². The zero-order valence-electron chi connectivity index (χ0n) is 12.4. The van der Waals surface area contributed by atoms with E-state index in [1.807, 2.05) is 12.1 Å². The molecular weight excluding hydrogens is 264 g/mol. The second-order valence-corrected chi connectivity index (χ2v) is 5.32. The molecule has 1 aliphatic rings. The smallest absolute Gasteiger partial charge is 0.251 e. The highest BCUT2D eigenvalue weighted by molar-refractivity contribution is 5.94. The molecule has 112 valence electrons. The SMILES string of the molecule is CN(CCNC(=O)c1cccc(C#CCCO)c1)C1CC1. The van der Waals surface area contributed by atoms with Gasteiger partial charge in [-0.05, 0) is 38.1 Å². The molecule has 0 aliphatic heterocycles. The number of rotatable bonds is 6. The van der Waals surface area contributed by atoms with Crippen molar-refractivity contribution in [2.24, 2.45) is 0 Å². The lowest BCUT2D eigenvalue weighted by atomic mass is 10.1. The first-order valence-corrected chi connectivity index (χ1v) is 7.39. The van der Waals surface area contributed by atoms with Crippen LogP contribution < -0.4 is 5.32 Å². The molecule has 0 bridgehead atoms. The first kappa shape index (κ1) is 15.6. The first-order chi connectivity index (χ1) is 10.2. The van der Waals surface area contributed by atoms with E-state index in [2.05, 4.69) is 29.1 Å². The van der Waals surface area contributed by atoms with Crippen LogP contribution in [0.2, 0.25) is 0 Å². The van der Waals surface area contributed by atoms with Crippen molar-refractivity contribution in [3.05, 3.63) is 35.4 Å². The molecule has 0 unspecified atom stereocenters. The molecule has 0 atom stereocenters. The average Bonchev–Trinajstić information content (AvgIpc) is 3.32. The summed E-state index contributed by atoms with van der Waals surface area (Å²) in [6, 6.07) is 7.98. The highest BCUT2D eigenvalue weighted by Crippen LogP contribution is 2.24. The molecular formula is C17H22N2O2. The zero-order valence-corrected chi connectivity index (χ0v) is 12.4. The van der Waals surface area contributed by atoms with Crippen LogP contribution >= 0.6 is 0 Å². The summed E-state index contributed by atoms with van der Waals surface area (Å²) in [6.45, 7) is 1.60. The van der Waals surface area contributed by atoms with Gasteiger partial charge in [-0.3, -0.25) is 4.79 Å². The third kappa shape index (κ3) is 5.22. The molecule has 1 aliphatic carbocycles. The van der Waals surface area contributed by atoms with Gasteiger partial charge in [-0.2, -0.15) is 0 Å². The molecule has 4 heteroatoms. The Morgan fingerprint density at radius 2 is 2.29 bits per heavy atom. The van der Waals surface area contributed by atoms with Crippen LogP contribution in [0.3, 0.4) is 0 Å². The molecule has 1 aromatic rings. The molecule has 0 saturated heterocycles. The van der Waals surface area contributed by atoms with Crippen molar-refractivity contribution in [3.63, 3.8) is 0 Å². The summed E-state index contributed by atoms with van der Waals surface area (Å²) in [5, 5.41) is 11.6. The van der Waals surface area contributed by atoms with Gasteiger partial charge in [-0.1, -0.05) is 17.9 Å². The van der Waals surface area contributed by atoms with E-state index in [9.17, 15) is 4.79 Å². The number of hydrogen-bond acceptors (Lipinski definition) is 3. The molecule has 1 fully saturated rings. The van der Waals surface area contributed by atoms with Crippen LogP contribution in [0.4, 0.5) is 0 Å². The van der Waals surface area contributed by atoms with Gasteiger partial charge < -0.3 is 15.3 Å². The molecule has 4 nitrogen and oxygen atoms in total. The highest BCUT2D eigenvalue weighted by Gasteiger charge is 2.25. The van der Waals surface area contributed by atoms with E-state index in [-0.39, 0.29) is 12.5 Å². The fraction of sp³-hybridized carbons (Fsp3) is 0.471. The van der Waals surface area contributed by atoms with Crippen molar-refractivity contribution in [2.75, 3.05) is 26.7 Å². The maximum atomic E-state index is 12.1. The maximum Gasteiger partial charge on any atom is 0.251 e. The van der Waals surface area contributed by atoms with E-state index >= 15 is 0 Å². The Hall–Kier alpha value is -1.83. The lowest BCUT2D eigenvalue weighted by Gasteiger charge is -2.15. The molecule has 1 amide bonds. The average molecular weight is 286 g/mol. The molecule has 0 aromatic heterocycles. The summed E-state index contributed by atoms with van der Waals surface area (Å²) >= 11 is 0. The van der Waals surface area contributed by atoms with Crippen LogP contribution in [-0.2, 0) is 0 Å². The minimum absolute atomic E-state index is 0.0572. The van der Waals surface area contributed by atoms with Gasteiger partial charge in [0, 0.05) is 36.7 Å². The lowest BCUT2D eigenvalue weighted by molar-refractivity contribution is 0.0949. The predicted octanol–water partition coefficient (Wildman–Crippen LogP) is 1.24. The van der Waals surface area contributed by atoms with E-state index in [1.54, 1.807) is 12.1 Å². The van der Waals surface area contributed by atoms with Crippen LogP contribution in [-0.4, -0.2) is 48.7 Å². The zero-order chi connectivity index (χ0) is 15.1. The summed E-state index contributed by atoms with van der Waals surface area (Å²) in [4.78, 5) is 14.4. The Balaban J connectivity index is 1.83. The number of nitrogens with zero attached hydrogens (tertiary/aromatic N) is 1. The number of hydrogen-bond donors (Lipinski definition) is 2. The van der Waals surface area contributed by atoms with Crippen LogP contribution in [0.5, 0.6) is 0 Å². The Bertz CT molecular complexity index is 541. The quantitative estimate of drug-likeness (QED) is 0.774. The van der Waals surface area contributed by atoms with Crippen LogP contribution in [0.25, 0.3) is 0 Å². The maximum absolute atomic E-state index is 12.1. The number of nitrogens with one attached hydrogen (secondary N) is 1. The molecule has 1 aromatic carbocycles. The molecule has 2 rings (SSSR count). The Morgan fingerprint density at radius 3 is 3.00 bits per heavy atom. The van der Waals surface area contributed by atoms with E-state index in [0.717, 1.165) is 12.1 Å². The number of aliphatic hydroxyl groups is 1. The Morgan fingerprint density at radius 1 is 1.48 bits per heavy atom. The third-order valence-electron chi connectivity index (χ3n) is 3.51. The number of benzene rings is 1. The number of carbonyl (C=O) groups excluding carboxylic acids is 1. The number of carbonyl (C=O) groups is 1. The summed E-state index contributed by atoms with van der Waals surface area (Å²) in [5.41, 5.74) is 1.42. The van der Waals surface area contributed by atoms with Gasteiger partial charge in [0.05, 0.1) is 6.61 Å². The fourth-order valence-corrected chi connectivity index (χ4v) is 2.10. The van der Waals surface area contributed by atoms with Crippen molar-refractivity contribution in [1.29, 1.82) is 0 Å². The van der Waals surface area contributed by atoms with E-state index in [4.69, 9.17) is 5.11 Å². The molecule has 0 spiro atoms. The lowest BCUT2D eigenvalue weighted by Crippen LogP contribution is -2.33. The summed E-state index contributed by atoms with van der Waals surface area (Å²) in [5.74, 6) is 5.73. The van der Waals surface area contributed by atoms with E-state index in [1.165, 1.54) is 12.8 Å².